The SMILES string of the molecule is CC1CCN(S(=O)(=O)c2ccc3cc(C(=O)O)[nH]c3c2)CC1.CCOC(=O)c1cc2ccc(S(=O)(=O)N3CCC(C)CC3)cc2[nH]1. The standard InChI is InChI=1S/C17H22N2O4S.C15H18N2O4S/c1-3-23-17(20)16-10-13-4-5-14(11-15(13)18-16)24(21,22)19-8-6-12(2)7-9-19;1-10-4-6-17(7-5-10)22(20,21)12-3-2-11-8-14(15(18)19)16-13(11)9-12/h4-5,10-12,18H,3,6-9H2,1-2H3;2-3,8-10,16H,4-7H2,1H3,(H,18,19). The number of carboxylic acids is 1. The molecule has 0 atom stereocenters. The van der Waals surface area contributed by atoms with Crippen LogP contribution in [0.1, 0.15) is 67.4 Å². The first-order valence-corrected chi connectivity index (χ1v) is 18.3. The van der Waals surface area contributed by atoms with Gasteiger partial charge >= 0.3 is 11.9 Å². The molecule has 2 aliphatic rings. The first-order chi connectivity index (χ1) is 21.8. The van der Waals surface area contributed by atoms with E-state index in [0.717, 1.165) is 31.1 Å². The molecule has 0 spiro atoms. The molecule has 0 radical (unpaired) electrons. The first-order valence-electron chi connectivity index (χ1n) is 15.5. The summed E-state index contributed by atoms with van der Waals surface area (Å²) in [5.41, 5.74) is 1.51. The van der Waals surface area contributed by atoms with Crippen LogP contribution in [0.25, 0.3) is 21.8 Å². The Hall–Kier alpha value is -3.72. The van der Waals surface area contributed by atoms with Crippen LogP contribution in [-0.4, -0.2) is 85.2 Å². The van der Waals surface area contributed by atoms with Crippen LogP contribution in [0.4, 0.5) is 0 Å². The lowest BCUT2D eigenvalue weighted by Crippen LogP contribution is -2.37. The maximum Gasteiger partial charge on any atom is 0.354 e. The molecule has 6 rings (SSSR count). The van der Waals surface area contributed by atoms with E-state index < -0.39 is 32.0 Å². The number of aromatic carboxylic acids is 1. The summed E-state index contributed by atoms with van der Waals surface area (Å²) >= 11 is 0. The van der Waals surface area contributed by atoms with Gasteiger partial charge in [-0.05, 0) is 80.8 Å². The Bertz CT molecular complexity index is 1950. The van der Waals surface area contributed by atoms with Gasteiger partial charge < -0.3 is 19.8 Å². The van der Waals surface area contributed by atoms with Crippen molar-refractivity contribution in [2.45, 2.75) is 56.2 Å². The zero-order valence-electron chi connectivity index (χ0n) is 26.2. The highest BCUT2D eigenvalue weighted by Crippen LogP contribution is 2.28. The number of hydrogen-bond donors (Lipinski definition) is 3. The van der Waals surface area contributed by atoms with Crippen LogP contribution in [0.2, 0.25) is 0 Å². The van der Waals surface area contributed by atoms with Crippen molar-refractivity contribution in [1.82, 2.24) is 18.6 Å². The largest absolute Gasteiger partial charge is 0.477 e. The summed E-state index contributed by atoms with van der Waals surface area (Å²) in [5.74, 6) is -0.390. The van der Waals surface area contributed by atoms with E-state index in [0.29, 0.717) is 66.7 Å². The van der Waals surface area contributed by atoms with Gasteiger partial charge in [0.05, 0.1) is 16.4 Å². The minimum absolute atomic E-state index is 0.0522. The molecule has 4 heterocycles. The van der Waals surface area contributed by atoms with Gasteiger partial charge in [0.1, 0.15) is 11.4 Å². The predicted molar refractivity (Wildman–Crippen MR) is 174 cm³/mol. The summed E-state index contributed by atoms with van der Waals surface area (Å²) in [6.07, 6.45) is 3.51. The minimum atomic E-state index is -3.52. The van der Waals surface area contributed by atoms with Gasteiger partial charge in [-0.15, -0.1) is 0 Å². The Balaban J connectivity index is 0.000000182. The molecule has 2 aliphatic heterocycles. The second-order valence-corrected chi connectivity index (χ2v) is 15.9. The maximum atomic E-state index is 12.8. The van der Waals surface area contributed by atoms with Crippen molar-refractivity contribution in [3.8, 4) is 0 Å². The zero-order valence-corrected chi connectivity index (χ0v) is 27.8. The van der Waals surface area contributed by atoms with Crippen molar-refractivity contribution in [3.05, 3.63) is 59.9 Å². The molecule has 2 fully saturated rings. The van der Waals surface area contributed by atoms with Gasteiger partial charge in [0.2, 0.25) is 20.0 Å². The van der Waals surface area contributed by atoms with Gasteiger partial charge in [0, 0.05) is 48.0 Å². The number of carbonyl (C=O) groups is 2. The Morgan fingerprint density at radius 2 is 1.15 bits per heavy atom. The molecule has 3 N–H and O–H groups in total. The third-order valence-electron chi connectivity index (χ3n) is 8.67. The van der Waals surface area contributed by atoms with Crippen molar-refractivity contribution in [1.29, 1.82) is 0 Å². The number of fused-ring (bicyclic) bond motifs is 2. The molecular weight excluding hydrogens is 633 g/mol. The number of carboxylic acid groups (broad SMARTS) is 1. The zero-order chi connectivity index (χ0) is 33.2. The molecule has 0 bridgehead atoms. The Morgan fingerprint density at radius 3 is 1.57 bits per heavy atom. The lowest BCUT2D eigenvalue weighted by molar-refractivity contribution is 0.0520. The second kappa shape index (κ2) is 13.6. The number of nitrogens with zero attached hydrogens (tertiary/aromatic N) is 2. The van der Waals surface area contributed by atoms with Crippen LogP contribution in [0, 0.1) is 11.8 Å². The second-order valence-electron chi connectivity index (χ2n) is 12.1. The molecule has 4 aromatic rings. The fourth-order valence-corrected chi connectivity index (χ4v) is 8.71. The van der Waals surface area contributed by atoms with Crippen molar-refractivity contribution in [2.24, 2.45) is 11.8 Å². The number of aromatic nitrogens is 2. The fraction of sp³-hybridized carbons (Fsp3) is 0.438. The lowest BCUT2D eigenvalue weighted by Gasteiger charge is -2.29. The van der Waals surface area contributed by atoms with Crippen LogP contribution in [0.5, 0.6) is 0 Å². The van der Waals surface area contributed by atoms with Crippen molar-refractivity contribution >= 4 is 53.8 Å². The first kappa shape index (κ1) is 33.6. The molecule has 2 aromatic heterocycles. The van der Waals surface area contributed by atoms with E-state index >= 15 is 0 Å². The number of piperidine rings is 2. The highest BCUT2D eigenvalue weighted by molar-refractivity contribution is 7.89. The number of hydrogen-bond acceptors (Lipinski definition) is 7. The molecule has 0 saturated carbocycles. The van der Waals surface area contributed by atoms with Crippen LogP contribution in [0.15, 0.2) is 58.3 Å². The van der Waals surface area contributed by atoms with E-state index in [4.69, 9.17) is 9.84 Å². The molecule has 2 saturated heterocycles. The van der Waals surface area contributed by atoms with Crippen molar-refractivity contribution in [3.63, 3.8) is 0 Å². The predicted octanol–water partition coefficient (Wildman–Crippen LogP) is 5.05. The lowest BCUT2D eigenvalue weighted by atomic mass is 10.0. The summed E-state index contributed by atoms with van der Waals surface area (Å²) in [4.78, 5) is 28.9. The van der Waals surface area contributed by atoms with Crippen LogP contribution < -0.4 is 0 Å². The summed E-state index contributed by atoms with van der Waals surface area (Å²) < 4.78 is 59.0. The van der Waals surface area contributed by atoms with E-state index in [1.807, 2.05) is 0 Å². The molecule has 0 unspecified atom stereocenters. The molecule has 0 aliphatic carbocycles. The molecule has 12 nitrogen and oxygen atoms in total. The van der Waals surface area contributed by atoms with Gasteiger partial charge in [0.15, 0.2) is 0 Å². The third-order valence-corrected chi connectivity index (χ3v) is 12.5. The molecule has 2 aromatic carbocycles. The number of rotatable bonds is 7. The highest BCUT2D eigenvalue weighted by Gasteiger charge is 2.29. The number of esters is 1. The van der Waals surface area contributed by atoms with E-state index in [1.165, 1.54) is 22.5 Å². The number of nitrogens with one attached hydrogen (secondary N) is 2. The van der Waals surface area contributed by atoms with Crippen LogP contribution >= 0.6 is 0 Å². The summed E-state index contributed by atoms with van der Waals surface area (Å²) in [6, 6.07) is 12.8. The van der Waals surface area contributed by atoms with Gasteiger partial charge in [-0.3, -0.25) is 0 Å². The number of ether oxygens (including phenoxy) is 1. The van der Waals surface area contributed by atoms with Gasteiger partial charge in [0.25, 0.3) is 0 Å². The fourth-order valence-electron chi connectivity index (χ4n) is 5.72. The number of H-pyrrole nitrogens is 2. The number of carbonyl (C=O) groups excluding carboxylic acids is 1. The van der Waals surface area contributed by atoms with Crippen LogP contribution in [-0.2, 0) is 24.8 Å². The maximum absolute atomic E-state index is 12.8. The van der Waals surface area contributed by atoms with E-state index in [1.54, 1.807) is 41.6 Å². The summed E-state index contributed by atoms with van der Waals surface area (Å²) in [7, 11) is -7.02. The van der Waals surface area contributed by atoms with E-state index in [2.05, 4.69) is 23.8 Å². The highest BCUT2D eigenvalue weighted by atomic mass is 32.2. The smallest absolute Gasteiger partial charge is 0.354 e. The number of benzene rings is 2. The number of sulfonamides is 2. The minimum Gasteiger partial charge on any atom is -0.477 e. The van der Waals surface area contributed by atoms with E-state index in [-0.39, 0.29) is 15.5 Å². The average Bonchev–Trinajstić information content (AvgIpc) is 3.66. The summed E-state index contributed by atoms with van der Waals surface area (Å²) in [6.45, 7) is 8.49. The molecule has 46 heavy (non-hydrogen) atoms. The van der Waals surface area contributed by atoms with E-state index in [9.17, 15) is 26.4 Å². The molecule has 248 valence electrons. The topological polar surface area (TPSA) is 170 Å². The Morgan fingerprint density at radius 1 is 0.739 bits per heavy atom. The normalized spacial score (nSPS) is 17.5. The molecular formula is C32H40N4O8S2. The van der Waals surface area contributed by atoms with Crippen LogP contribution in [0.3, 0.4) is 0 Å². The monoisotopic (exact) mass is 672 g/mol. The average molecular weight is 673 g/mol. The summed E-state index contributed by atoms with van der Waals surface area (Å²) in [5, 5.41) is 10.5. The molecule has 14 heteroatoms. The Kier molecular flexibility index (Phi) is 9.92. The van der Waals surface area contributed by atoms with Gasteiger partial charge in [-0.1, -0.05) is 26.0 Å². The Labute approximate surface area is 268 Å². The van der Waals surface area contributed by atoms with Gasteiger partial charge in [-0.25, -0.2) is 26.4 Å². The van der Waals surface area contributed by atoms with Gasteiger partial charge in [-0.2, -0.15) is 8.61 Å². The molecule has 0 amide bonds. The van der Waals surface area contributed by atoms with Crippen molar-refractivity contribution < 1.29 is 36.3 Å². The quantitative estimate of drug-likeness (QED) is 0.229. The number of aromatic amines is 2. The van der Waals surface area contributed by atoms with Crippen molar-refractivity contribution in [2.75, 3.05) is 32.8 Å². The third kappa shape index (κ3) is 7.14.